The number of rotatable bonds is 8. The quantitative estimate of drug-likeness (QED) is 0.696. The third-order valence-corrected chi connectivity index (χ3v) is 5.68. The number of anilines is 1. The van der Waals surface area contributed by atoms with Crippen molar-refractivity contribution in [3.8, 4) is 16.2 Å². The Bertz CT molecular complexity index is 801. The van der Waals surface area contributed by atoms with Crippen molar-refractivity contribution >= 4 is 26.5 Å². The van der Waals surface area contributed by atoms with Crippen LogP contribution in [0.25, 0.3) is 10.4 Å². The van der Waals surface area contributed by atoms with Crippen LogP contribution in [-0.4, -0.2) is 27.1 Å². The van der Waals surface area contributed by atoms with E-state index < -0.39 is 10.0 Å². The van der Waals surface area contributed by atoms with E-state index in [9.17, 15) is 8.42 Å². The molecule has 0 radical (unpaired) electrons. The van der Waals surface area contributed by atoms with Crippen molar-refractivity contribution in [2.75, 3.05) is 19.0 Å². The van der Waals surface area contributed by atoms with Gasteiger partial charge in [-0.25, -0.2) is 18.5 Å². The van der Waals surface area contributed by atoms with Gasteiger partial charge in [0, 0.05) is 6.54 Å². The number of hydrogen-bond acceptors (Lipinski definition) is 6. The molecule has 0 spiro atoms. The van der Waals surface area contributed by atoms with Gasteiger partial charge >= 0.3 is 0 Å². The molecule has 0 saturated carbocycles. The van der Waals surface area contributed by atoms with Crippen LogP contribution in [0.1, 0.15) is 31.9 Å². The first-order chi connectivity index (χ1) is 11.4. The highest BCUT2D eigenvalue weighted by Crippen LogP contribution is 2.36. The summed E-state index contributed by atoms with van der Waals surface area (Å²) in [6, 6.07) is 4.97. The zero-order chi connectivity index (χ0) is 17.7. The van der Waals surface area contributed by atoms with Crippen LogP contribution < -0.4 is 15.2 Å². The molecule has 0 aliphatic rings. The van der Waals surface area contributed by atoms with E-state index in [0.717, 1.165) is 34.2 Å². The maximum atomic E-state index is 11.8. The molecule has 2 aromatic rings. The number of aryl methyl sites for hydroxylation is 1. The molecule has 2 rings (SSSR count). The lowest BCUT2D eigenvalue weighted by Crippen LogP contribution is -2.13. The summed E-state index contributed by atoms with van der Waals surface area (Å²) < 4.78 is 28.6. The van der Waals surface area contributed by atoms with E-state index in [1.807, 2.05) is 13.0 Å². The van der Waals surface area contributed by atoms with Crippen LogP contribution in [0.5, 0.6) is 5.75 Å². The molecule has 0 fully saturated rings. The Morgan fingerprint density at radius 1 is 1.33 bits per heavy atom. The maximum Gasteiger partial charge on any atom is 0.241 e. The summed E-state index contributed by atoms with van der Waals surface area (Å²) in [6.07, 6.45) is 3.45. The maximum absolute atomic E-state index is 11.8. The van der Waals surface area contributed by atoms with Crippen molar-refractivity contribution < 1.29 is 13.2 Å². The van der Waals surface area contributed by atoms with Gasteiger partial charge in [-0.2, -0.15) is 0 Å². The average Bonchev–Trinajstić information content (AvgIpc) is 2.91. The first-order valence-electron chi connectivity index (χ1n) is 7.79. The van der Waals surface area contributed by atoms with Gasteiger partial charge in [0.15, 0.2) is 5.13 Å². The predicted molar refractivity (Wildman–Crippen MR) is 98.2 cm³/mol. The summed E-state index contributed by atoms with van der Waals surface area (Å²) in [5.74, 6) is 0.237. The minimum absolute atomic E-state index is 0.0206. The molecule has 0 amide bonds. The van der Waals surface area contributed by atoms with Gasteiger partial charge < -0.3 is 10.1 Å². The zero-order valence-corrected chi connectivity index (χ0v) is 15.8. The number of sulfonamides is 1. The highest BCUT2D eigenvalue weighted by molar-refractivity contribution is 7.89. The Kier molecular flexibility index (Phi) is 6.20. The van der Waals surface area contributed by atoms with Crippen LogP contribution >= 0.6 is 11.3 Å². The summed E-state index contributed by atoms with van der Waals surface area (Å²) in [5, 5.41) is 9.44. The van der Waals surface area contributed by atoms with Crippen LogP contribution in [0.4, 0.5) is 5.13 Å². The molecule has 0 atom stereocenters. The fourth-order valence-corrected chi connectivity index (χ4v) is 4.06. The van der Waals surface area contributed by atoms with E-state index in [1.54, 1.807) is 6.07 Å². The van der Waals surface area contributed by atoms with Crippen LogP contribution in [-0.2, 0) is 10.0 Å². The van der Waals surface area contributed by atoms with Gasteiger partial charge in [0.2, 0.25) is 10.0 Å². The average molecular weight is 370 g/mol. The fourth-order valence-electron chi connectivity index (χ4n) is 2.35. The van der Waals surface area contributed by atoms with E-state index in [4.69, 9.17) is 9.88 Å². The second-order valence-corrected chi connectivity index (χ2v) is 8.01. The molecule has 0 unspecified atom stereocenters. The molecule has 1 heterocycles. The van der Waals surface area contributed by atoms with Gasteiger partial charge in [0.1, 0.15) is 10.6 Å². The summed E-state index contributed by atoms with van der Waals surface area (Å²) in [6.45, 7) is 4.95. The monoisotopic (exact) mass is 369 g/mol. The molecule has 24 heavy (non-hydrogen) atoms. The van der Waals surface area contributed by atoms with E-state index in [1.165, 1.54) is 37.4 Å². The van der Waals surface area contributed by atoms with Gasteiger partial charge in [-0.05, 0) is 37.1 Å². The summed E-state index contributed by atoms with van der Waals surface area (Å²) >= 11 is 1.50. The SMILES string of the molecule is CCCCCNc1nc(C)c(-c2ccc(OC)c(S(N)(=O)=O)c2)s1. The molecule has 1 aromatic heterocycles. The number of methoxy groups -OCH3 is 1. The molecule has 3 N–H and O–H groups in total. The van der Waals surface area contributed by atoms with Gasteiger partial charge in [-0.3, -0.25) is 0 Å². The first-order valence-corrected chi connectivity index (χ1v) is 10.2. The van der Waals surface area contributed by atoms with Crippen LogP contribution in [0.2, 0.25) is 0 Å². The molecule has 0 saturated heterocycles. The van der Waals surface area contributed by atoms with E-state index in [2.05, 4.69) is 17.2 Å². The molecule has 8 heteroatoms. The summed E-state index contributed by atoms with van der Waals surface area (Å²) in [4.78, 5) is 5.41. The van der Waals surface area contributed by atoms with Gasteiger partial charge in [0.25, 0.3) is 0 Å². The smallest absolute Gasteiger partial charge is 0.241 e. The normalized spacial score (nSPS) is 11.5. The molecular weight excluding hydrogens is 346 g/mol. The molecule has 0 aliphatic carbocycles. The van der Waals surface area contributed by atoms with Crippen molar-refractivity contribution in [1.82, 2.24) is 4.98 Å². The number of nitrogens with one attached hydrogen (secondary N) is 1. The highest BCUT2D eigenvalue weighted by Gasteiger charge is 2.18. The number of primary sulfonamides is 1. The van der Waals surface area contributed by atoms with Crippen LogP contribution in [0.3, 0.4) is 0 Å². The largest absolute Gasteiger partial charge is 0.495 e. The number of ether oxygens (including phenoxy) is 1. The topological polar surface area (TPSA) is 94.3 Å². The summed E-state index contributed by atoms with van der Waals surface area (Å²) in [5.41, 5.74) is 1.61. The lowest BCUT2D eigenvalue weighted by atomic mass is 10.1. The first kappa shape index (κ1) is 18.7. The molecule has 0 aliphatic heterocycles. The minimum atomic E-state index is -3.86. The number of thiazole rings is 1. The van der Waals surface area contributed by atoms with Gasteiger partial charge in [-0.15, -0.1) is 0 Å². The van der Waals surface area contributed by atoms with Gasteiger partial charge in [-0.1, -0.05) is 31.1 Å². The third-order valence-electron chi connectivity index (χ3n) is 3.59. The standard InChI is InChI=1S/C16H23N3O3S2/c1-4-5-6-9-18-16-19-11(2)15(23-16)12-7-8-13(22-3)14(10-12)24(17,20)21/h7-8,10H,4-6,9H2,1-3H3,(H,18,19)(H2,17,20,21). The summed E-state index contributed by atoms with van der Waals surface area (Å²) in [7, 11) is -2.44. The second kappa shape index (κ2) is 7.96. The minimum Gasteiger partial charge on any atom is -0.495 e. The Hall–Kier alpha value is -1.64. The van der Waals surface area contributed by atoms with Crippen molar-refractivity contribution in [3.63, 3.8) is 0 Å². The number of aromatic nitrogens is 1. The molecule has 6 nitrogen and oxygen atoms in total. The highest BCUT2D eigenvalue weighted by atomic mass is 32.2. The number of hydrogen-bond donors (Lipinski definition) is 2. The van der Waals surface area contributed by atoms with Gasteiger partial charge in [0.05, 0.1) is 17.7 Å². The van der Waals surface area contributed by atoms with Crippen LogP contribution in [0.15, 0.2) is 23.1 Å². The molecule has 0 bridgehead atoms. The van der Waals surface area contributed by atoms with Crippen molar-refractivity contribution in [2.24, 2.45) is 5.14 Å². The van der Waals surface area contributed by atoms with E-state index >= 15 is 0 Å². The van der Waals surface area contributed by atoms with Crippen LogP contribution in [0, 0.1) is 6.92 Å². The predicted octanol–water partition coefficient (Wildman–Crippen LogP) is 3.38. The van der Waals surface area contributed by atoms with E-state index in [-0.39, 0.29) is 10.6 Å². The second-order valence-electron chi connectivity index (χ2n) is 5.48. The molecule has 132 valence electrons. The Labute approximate surface area is 147 Å². The number of benzene rings is 1. The Morgan fingerprint density at radius 3 is 2.71 bits per heavy atom. The fraction of sp³-hybridized carbons (Fsp3) is 0.438. The number of nitrogens with zero attached hydrogens (tertiary/aromatic N) is 1. The van der Waals surface area contributed by atoms with Crippen molar-refractivity contribution in [3.05, 3.63) is 23.9 Å². The molecular formula is C16H23N3O3S2. The number of nitrogens with two attached hydrogens (primary N) is 1. The zero-order valence-electron chi connectivity index (χ0n) is 14.1. The Morgan fingerprint density at radius 2 is 2.08 bits per heavy atom. The lowest BCUT2D eigenvalue weighted by Gasteiger charge is -2.08. The van der Waals surface area contributed by atoms with Crippen molar-refractivity contribution in [1.29, 1.82) is 0 Å². The lowest BCUT2D eigenvalue weighted by molar-refractivity contribution is 0.403. The van der Waals surface area contributed by atoms with Crippen molar-refractivity contribution in [2.45, 2.75) is 38.0 Å². The Balaban J connectivity index is 2.30. The molecule has 1 aromatic carbocycles. The van der Waals surface area contributed by atoms with E-state index in [0.29, 0.717) is 0 Å². The number of unbranched alkanes of at least 4 members (excludes halogenated alkanes) is 2. The third kappa shape index (κ3) is 4.46.